The fraction of sp³-hybridized carbons (Fsp3) is 0.385. The fourth-order valence-electron chi connectivity index (χ4n) is 3.43. The van der Waals surface area contributed by atoms with Gasteiger partial charge in [0.25, 0.3) is 0 Å². The number of aliphatic carboxylic acids is 1. The van der Waals surface area contributed by atoms with Gasteiger partial charge in [0, 0.05) is 6.54 Å². The average molecular weight is 482 g/mol. The Morgan fingerprint density at radius 3 is 2.37 bits per heavy atom. The van der Waals surface area contributed by atoms with E-state index in [1.165, 1.54) is 29.2 Å². The van der Waals surface area contributed by atoms with Crippen LogP contribution in [-0.4, -0.2) is 37.0 Å². The third-order valence-corrected chi connectivity index (χ3v) is 5.52. The van der Waals surface area contributed by atoms with Crippen LogP contribution < -0.4 is 10.4 Å². The summed E-state index contributed by atoms with van der Waals surface area (Å²) in [5.41, 5.74) is 1.30. The van der Waals surface area contributed by atoms with Gasteiger partial charge in [0.2, 0.25) is 0 Å². The van der Waals surface area contributed by atoms with Crippen LogP contribution in [0.3, 0.4) is 0 Å². The summed E-state index contributed by atoms with van der Waals surface area (Å²) in [5, 5.41) is 13.7. The summed E-state index contributed by atoms with van der Waals surface area (Å²) in [6, 6.07) is 12.5. The Bertz CT molecular complexity index is 1270. The molecule has 1 N–H and O–H groups in total. The molecule has 0 amide bonds. The van der Waals surface area contributed by atoms with Gasteiger partial charge >= 0.3 is 17.6 Å². The number of hydrogen-bond donors (Lipinski definition) is 1. The molecule has 0 bridgehead atoms. The standard InChI is InChI=1S/C26H31N3O6/c1-6-13-28-22(27-29(25(28)33)15-19-9-7-17(2)8-10-19)16-34-23(30)20-11-12-21(18(3)14-20)35-26(4,5)24(31)32/h7-12,14H,6,13,15-16H2,1-5H3,(H,31,32). The highest BCUT2D eigenvalue weighted by atomic mass is 16.5. The van der Waals surface area contributed by atoms with E-state index in [2.05, 4.69) is 5.10 Å². The molecule has 0 saturated heterocycles. The van der Waals surface area contributed by atoms with Gasteiger partial charge < -0.3 is 14.6 Å². The van der Waals surface area contributed by atoms with Crippen LogP contribution in [0.5, 0.6) is 5.75 Å². The van der Waals surface area contributed by atoms with Crippen molar-refractivity contribution in [2.45, 2.75) is 66.3 Å². The molecule has 0 fully saturated rings. The summed E-state index contributed by atoms with van der Waals surface area (Å²) >= 11 is 0. The van der Waals surface area contributed by atoms with Crippen molar-refractivity contribution in [2.24, 2.45) is 0 Å². The van der Waals surface area contributed by atoms with E-state index in [1.807, 2.05) is 38.1 Å². The van der Waals surface area contributed by atoms with Crippen molar-refractivity contribution in [1.82, 2.24) is 14.3 Å². The van der Waals surface area contributed by atoms with E-state index in [0.717, 1.165) is 17.5 Å². The lowest BCUT2D eigenvalue weighted by Crippen LogP contribution is -2.38. The normalized spacial score (nSPS) is 11.3. The number of aryl methyl sites for hydroxylation is 2. The monoisotopic (exact) mass is 481 g/mol. The number of ether oxygens (including phenoxy) is 2. The number of rotatable bonds is 10. The molecule has 0 atom stereocenters. The molecule has 9 nitrogen and oxygen atoms in total. The van der Waals surface area contributed by atoms with Crippen LogP contribution in [0.1, 0.15) is 60.1 Å². The largest absolute Gasteiger partial charge is 0.478 e. The zero-order chi connectivity index (χ0) is 25.8. The predicted octanol–water partition coefficient (Wildman–Crippen LogP) is 3.72. The lowest BCUT2D eigenvalue weighted by Gasteiger charge is -2.22. The second kappa shape index (κ2) is 10.6. The van der Waals surface area contributed by atoms with Gasteiger partial charge in [0.15, 0.2) is 18.0 Å². The summed E-state index contributed by atoms with van der Waals surface area (Å²) in [4.78, 5) is 36.9. The summed E-state index contributed by atoms with van der Waals surface area (Å²) in [5.74, 6) is -0.946. The molecule has 0 aliphatic carbocycles. The molecule has 3 rings (SSSR count). The Kier molecular flexibility index (Phi) is 7.78. The molecule has 0 spiro atoms. The number of nitrogens with zero attached hydrogens (tertiary/aromatic N) is 3. The van der Waals surface area contributed by atoms with E-state index < -0.39 is 17.5 Å². The van der Waals surface area contributed by atoms with Gasteiger partial charge in [-0.2, -0.15) is 5.10 Å². The SMILES string of the molecule is CCCn1c(COC(=O)c2ccc(OC(C)(C)C(=O)O)c(C)c2)nn(Cc2ccc(C)cc2)c1=O. The van der Waals surface area contributed by atoms with E-state index in [9.17, 15) is 19.5 Å². The number of benzene rings is 2. The highest BCUT2D eigenvalue weighted by Crippen LogP contribution is 2.24. The topological polar surface area (TPSA) is 113 Å². The number of hydrogen-bond acceptors (Lipinski definition) is 6. The first-order chi connectivity index (χ1) is 16.5. The van der Waals surface area contributed by atoms with Gasteiger partial charge in [-0.15, -0.1) is 0 Å². The van der Waals surface area contributed by atoms with Crippen LogP contribution in [0.25, 0.3) is 0 Å². The molecule has 35 heavy (non-hydrogen) atoms. The van der Waals surface area contributed by atoms with Crippen molar-refractivity contribution < 1.29 is 24.2 Å². The smallest absolute Gasteiger partial charge is 0.347 e. The molecule has 0 radical (unpaired) electrons. The zero-order valence-electron chi connectivity index (χ0n) is 20.7. The maximum absolute atomic E-state index is 12.9. The van der Waals surface area contributed by atoms with Crippen LogP contribution in [0.4, 0.5) is 0 Å². The maximum atomic E-state index is 12.9. The third kappa shape index (κ3) is 6.17. The number of esters is 1. The van der Waals surface area contributed by atoms with E-state index in [1.54, 1.807) is 19.1 Å². The lowest BCUT2D eigenvalue weighted by atomic mass is 10.1. The molecule has 1 heterocycles. The van der Waals surface area contributed by atoms with Crippen LogP contribution in [0, 0.1) is 13.8 Å². The molecule has 0 aliphatic rings. The Labute approximate surface area is 203 Å². The molecule has 2 aromatic carbocycles. The highest BCUT2D eigenvalue weighted by Gasteiger charge is 2.30. The first kappa shape index (κ1) is 25.7. The molecule has 1 aromatic heterocycles. The zero-order valence-corrected chi connectivity index (χ0v) is 20.7. The molecule has 3 aromatic rings. The number of aromatic nitrogens is 3. The molecule has 0 unspecified atom stereocenters. The summed E-state index contributed by atoms with van der Waals surface area (Å²) in [6.45, 7) is 9.20. The van der Waals surface area contributed by atoms with Gasteiger partial charge in [-0.25, -0.2) is 19.1 Å². The number of carbonyl (C=O) groups excluding carboxylic acids is 1. The van der Waals surface area contributed by atoms with Crippen molar-refractivity contribution in [3.8, 4) is 5.75 Å². The van der Waals surface area contributed by atoms with Gasteiger partial charge in [0.1, 0.15) is 5.75 Å². The van der Waals surface area contributed by atoms with Crippen LogP contribution in [0.15, 0.2) is 47.3 Å². The third-order valence-electron chi connectivity index (χ3n) is 5.52. The van der Waals surface area contributed by atoms with Gasteiger partial charge in [-0.1, -0.05) is 36.8 Å². The average Bonchev–Trinajstić information content (AvgIpc) is 3.09. The number of carboxylic acids is 1. The summed E-state index contributed by atoms with van der Waals surface area (Å²) < 4.78 is 13.9. The first-order valence-corrected chi connectivity index (χ1v) is 11.4. The summed E-state index contributed by atoms with van der Waals surface area (Å²) in [6.07, 6.45) is 0.727. The van der Waals surface area contributed by atoms with Gasteiger partial charge in [-0.3, -0.25) is 4.57 Å². The number of carbonyl (C=O) groups is 2. The van der Waals surface area contributed by atoms with Gasteiger partial charge in [-0.05, 0) is 63.4 Å². The van der Waals surface area contributed by atoms with E-state index in [0.29, 0.717) is 30.2 Å². The minimum absolute atomic E-state index is 0.154. The number of carboxylic acid groups (broad SMARTS) is 1. The molecule has 0 saturated carbocycles. The van der Waals surface area contributed by atoms with Crippen LogP contribution in [0.2, 0.25) is 0 Å². The second-order valence-electron chi connectivity index (χ2n) is 8.97. The first-order valence-electron chi connectivity index (χ1n) is 11.4. The fourth-order valence-corrected chi connectivity index (χ4v) is 3.43. The van der Waals surface area contributed by atoms with Crippen molar-refractivity contribution in [1.29, 1.82) is 0 Å². The Balaban J connectivity index is 1.74. The van der Waals surface area contributed by atoms with Crippen LogP contribution >= 0.6 is 0 Å². The Morgan fingerprint density at radius 1 is 1.09 bits per heavy atom. The van der Waals surface area contributed by atoms with Crippen LogP contribution in [-0.2, 0) is 29.2 Å². The lowest BCUT2D eigenvalue weighted by molar-refractivity contribution is -0.152. The van der Waals surface area contributed by atoms with Crippen molar-refractivity contribution >= 4 is 11.9 Å². The minimum Gasteiger partial charge on any atom is -0.478 e. The summed E-state index contributed by atoms with van der Waals surface area (Å²) in [7, 11) is 0. The van der Waals surface area contributed by atoms with E-state index >= 15 is 0 Å². The van der Waals surface area contributed by atoms with Crippen molar-refractivity contribution in [2.75, 3.05) is 0 Å². The molecule has 9 heteroatoms. The van der Waals surface area contributed by atoms with E-state index in [4.69, 9.17) is 9.47 Å². The molecule has 0 aliphatic heterocycles. The predicted molar refractivity (Wildman–Crippen MR) is 130 cm³/mol. The van der Waals surface area contributed by atoms with Crippen molar-refractivity contribution in [3.05, 3.63) is 81.0 Å². The Morgan fingerprint density at radius 2 is 1.77 bits per heavy atom. The second-order valence-corrected chi connectivity index (χ2v) is 8.97. The van der Waals surface area contributed by atoms with Gasteiger partial charge in [0.05, 0.1) is 12.1 Å². The quantitative estimate of drug-likeness (QED) is 0.439. The molecule has 186 valence electrons. The molecular formula is C26H31N3O6. The van der Waals surface area contributed by atoms with Crippen molar-refractivity contribution in [3.63, 3.8) is 0 Å². The van der Waals surface area contributed by atoms with E-state index in [-0.39, 0.29) is 17.9 Å². The highest BCUT2D eigenvalue weighted by molar-refractivity contribution is 5.89. The molecular weight excluding hydrogens is 450 g/mol. The maximum Gasteiger partial charge on any atom is 0.347 e. The Hall–Kier alpha value is -3.88. The minimum atomic E-state index is -1.41.